The lowest BCUT2D eigenvalue weighted by atomic mass is 10.2. The summed E-state index contributed by atoms with van der Waals surface area (Å²) in [5, 5.41) is 18.0. The van der Waals surface area contributed by atoms with E-state index in [2.05, 4.69) is 9.97 Å². The summed E-state index contributed by atoms with van der Waals surface area (Å²) in [7, 11) is 0. The quantitative estimate of drug-likeness (QED) is 0.614. The highest BCUT2D eigenvalue weighted by atomic mass is 35.5. The Balaban J connectivity index is 0.000000223. The van der Waals surface area contributed by atoms with E-state index in [1.807, 2.05) is 55.5 Å². The Morgan fingerprint density at radius 3 is 2.26 bits per heavy atom. The predicted molar refractivity (Wildman–Crippen MR) is 103 cm³/mol. The van der Waals surface area contributed by atoms with Crippen LogP contribution in [0.5, 0.6) is 5.75 Å². The summed E-state index contributed by atoms with van der Waals surface area (Å²) in [5.74, 6) is 0.538. The number of rotatable bonds is 3. The monoisotopic (exact) mass is 396 g/mol. The van der Waals surface area contributed by atoms with Gasteiger partial charge in [0.05, 0.1) is 10.0 Å². The molecule has 0 aliphatic heterocycles. The van der Waals surface area contributed by atoms with Gasteiger partial charge in [-0.2, -0.15) is 10.5 Å². The summed E-state index contributed by atoms with van der Waals surface area (Å²) < 4.78 is 5.61. The smallest absolute Gasteiger partial charge is 0.182 e. The molecule has 0 amide bonds. The number of ether oxygens (including phenoxy) is 1. The summed E-state index contributed by atoms with van der Waals surface area (Å²) in [4.78, 5) is 7.69. The molecule has 0 saturated carbocycles. The maximum atomic E-state index is 8.91. The minimum absolute atomic E-state index is 0.200. The first-order valence-electron chi connectivity index (χ1n) is 7.78. The molecule has 0 spiro atoms. The van der Waals surface area contributed by atoms with Crippen molar-refractivity contribution in [3.8, 4) is 17.9 Å². The van der Waals surface area contributed by atoms with Crippen molar-refractivity contribution in [1.29, 1.82) is 10.5 Å². The van der Waals surface area contributed by atoms with Crippen LogP contribution in [0.25, 0.3) is 0 Å². The van der Waals surface area contributed by atoms with Gasteiger partial charge >= 0.3 is 0 Å². The highest BCUT2D eigenvalue weighted by Gasteiger charge is 2.05. The molecule has 3 aromatic rings. The third-order valence-corrected chi connectivity index (χ3v) is 3.74. The Labute approximate surface area is 167 Å². The van der Waals surface area contributed by atoms with Crippen molar-refractivity contribution >= 4 is 23.2 Å². The molecular formula is C20H14Cl2N4O. The fourth-order valence-electron chi connectivity index (χ4n) is 1.97. The number of aryl methyl sites for hydroxylation is 1. The largest absolute Gasteiger partial charge is 0.486 e. The minimum Gasteiger partial charge on any atom is -0.486 e. The van der Waals surface area contributed by atoms with Gasteiger partial charge in [0.15, 0.2) is 17.1 Å². The van der Waals surface area contributed by atoms with Gasteiger partial charge in [0.1, 0.15) is 18.7 Å². The number of benzene rings is 1. The lowest BCUT2D eigenvalue weighted by Gasteiger charge is -2.07. The van der Waals surface area contributed by atoms with Crippen LogP contribution in [0.1, 0.15) is 22.5 Å². The molecule has 0 saturated heterocycles. The molecule has 7 heteroatoms. The van der Waals surface area contributed by atoms with Crippen molar-refractivity contribution < 1.29 is 4.74 Å². The molecule has 134 valence electrons. The lowest BCUT2D eigenvalue weighted by molar-refractivity contribution is 0.303. The van der Waals surface area contributed by atoms with Crippen molar-refractivity contribution in [2.45, 2.75) is 13.5 Å². The molecule has 0 aliphatic carbocycles. The van der Waals surface area contributed by atoms with Gasteiger partial charge in [0, 0.05) is 12.4 Å². The van der Waals surface area contributed by atoms with Crippen LogP contribution in [0.3, 0.4) is 0 Å². The van der Waals surface area contributed by atoms with E-state index in [0.29, 0.717) is 23.1 Å². The molecule has 5 nitrogen and oxygen atoms in total. The number of hydrogen-bond acceptors (Lipinski definition) is 5. The second kappa shape index (κ2) is 10.1. The van der Waals surface area contributed by atoms with E-state index in [1.54, 1.807) is 6.20 Å². The molecule has 0 aliphatic rings. The molecule has 3 rings (SSSR count). The maximum absolute atomic E-state index is 8.91. The number of aromatic nitrogens is 2. The van der Waals surface area contributed by atoms with Gasteiger partial charge in [-0.3, -0.25) is 0 Å². The zero-order valence-electron chi connectivity index (χ0n) is 14.4. The van der Waals surface area contributed by atoms with Crippen LogP contribution in [-0.2, 0) is 6.61 Å². The highest BCUT2D eigenvalue weighted by Crippen LogP contribution is 2.18. The van der Waals surface area contributed by atoms with E-state index >= 15 is 0 Å². The standard InChI is InChI=1S/C14H12N2O.C6H2Cl2N2/c1-11-7-14(13(8-15)16-9-11)17-10-12-5-3-2-4-6-12;7-4-1-5(8)6(2-9)10-3-4/h2-7,9H,10H2,1H3;1,3H. The van der Waals surface area contributed by atoms with E-state index < -0.39 is 0 Å². The van der Waals surface area contributed by atoms with Gasteiger partial charge in [-0.15, -0.1) is 0 Å². The molecule has 0 radical (unpaired) electrons. The molecule has 1 aromatic carbocycles. The second-order valence-electron chi connectivity index (χ2n) is 5.34. The van der Waals surface area contributed by atoms with Crippen molar-refractivity contribution in [2.75, 3.05) is 0 Å². The summed E-state index contributed by atoms with van der Waals surface area (Å²) in [6.45, 7) is 2.37. The van der Waals surface area contributed by atoms with Crippen molar-refractivity contribution in [3.63, 3.8) is 0 Å². The molecule has 0 atom stereocenters. The number of nitriles is 2. The van der Waals surface area contributed by atoms with Crippen LogP contribution in [-0.4, -0.2) is 9.97 Å². The number of pyridine rings is 2. The summed E-state index contributed by atoms with van der Waals surface area (Å²) in [6, 6.07) is 17.0. The average Bonchev–Trinajstić information content (AvgIpc) is 2.68. The Morgan fingerprint density at radius 2 is 1.63 bits per heavy atom. The van der Waals surface area contributed by atoms with Crippen LogP contribution in [0.15, 0.2) is 54.9 Å². The molecule has 0 N–H and O–H groups in total. The van der Waals surface area contributed by atoms with Crippen molar-refractivity contribution in [1.82, 2.24) is 9.97 Å². The second-order valence-corrected chi connectivity index (χ2v) is 6.18. The van der Waals surface area contributed by atoms with Crippen molar-refractivity contribution in [3.05, 3.63) is 87.4 Å². The van der Waals surface area contributed by atoms with E-state index in [4.69, 9.17) is 38.5 Å². The Bertz CT molecular complexity index is 995. The normalized spacial score (nSPS) is 9.37. The van der Waals surface area contributed by atoms with Gasteiger partial charge in [-0.25, -0.2) is 9.97 Å². The van der Waals surface area contributed by atoms with E-state index in [1.165, 1.54) is 12.3 Å². The zero-order chi connectivity index (χ0) is 19.6. The zero-order valence-corrected chi connectivity index (χ0v) is 15.9. The van der Waals surface area contributed by atoms with Crippen LogP contribution in [0.4, 0.5) is 0 Å². The van der Waals surface area contributed by atoms with E-state index in [0.717, 1.165) is 11.1 Å². The third kappa shape index (κ3) is 6.27. The summed E-state index contributed by atoms with van der Waals surface area (Å²) in [6.07, 6.45) is 3.04. The highest BCUT2D eigenvalue weighted by molar-refractivity contribution is 6.35. The SMILES string of the molecule is Cc1cnc(C#N)c(OCc2ccccc2)c1.N#Cc1ncc(Cl)cc1Cl. The van der Waals surface area contributed by atoms with Crippen LogP contribution >= 0.6 is 23.2 Å². The maximum Gasteiger partial charge on any atom is 0.182 e. The van der Waals surface area contributed by atoms with E-state index in [-0.39, 0.29) is 10.7 Å². The van der Waals surface area contributed by atoms with Gasteiger partial charge in [0.25, 0.3) is 0 Å². The molecule has 0 unspecified atom stereocenters. The molecule has 2 heterocycles. The van der Waals surface area contributed by atoms with Crippen molar-refractivity contribution in [2.24, 2.45) is 0 Å². The molecule has 2 aromatic heterocycles. The van der Waals surface area contributed by atoms with Gasteiger partial charge < -0.3 is 4.74 Å². The third-order valence-electron chi connectivity index (χ3n) is 3.25. The Hall–Kier alpha value is -3.12. The van der Waals surface area contributed by atoms with Crippen LogP contribution in [0.2, 0.25) is 10.0 Å². The fraction of sp³-hybridized carbons (Fsp3) is 0.100. The number of nitrogens with zero attached hydrogens (tertiary/aromatic N) is 4. The Morgan fingerprint density at radius 1 is 0.963 bits per heavy atom. The topological polar surface area (TPSA) is 82.6 Å². The first-order chi connectivity index (χ1) is 13.0. The summed E-state index contributed by atoms with van der Waals surface area (Å²) >= 11 is 11.1. The number of hydrogen-bond donors (Lipinski definition) is 0. The molecule has 0 fully saturated rings. The van der Waals surface area contributed by atoms with Crippen LogP contribution < -0.4 is 4.74 Å². The Kier molecular flexibility index (Phi) is 7.58. The van der Waals surface area contributed by atoms with Crippen LogP contribution in [0, 0.1) is 29.6 Å². The average molecular weight is 397 g/mol. The van der Waals surface area contributed by atoms with E-state index in [9.17, 15) is 0 Å². The first kappa shape index (κ1) is 20.2. The molecule has 27 heavy (non-hydrogen) atoms. The predicted octanol–water partition coefficient (Wildman–Crippen LogP) is 5.10. The summed E-state index contributed by atoms with van der Waals surface area (Å²) in [5.41, 5.74) is 2.57. The van der Waals surface area contributed by atoms with Gasteiger partial charge in [0.2, 0.25) is 0 Å². The van der Waals surface area contributed by atoms with Gasteiger partial charge in [-0.1, -0.05) is 53.5 Å². The lowest BCUT2D eigenvalue weighted by Crippen LogP contribution is -1.99. The van der Waals surface area contributed by atoms with Gasteiger partial charge in [-0.05, 0) is 30.2 Å². The number of halogens is 2. The minimum atomic E-state index is 0.200. The fourth-order valence-corrected chi connectivity index (χ4v) is 2.39. The molecule has 0 bridgehead atoms. The first-order valence-corrected chi connectivity index (χ1v) is 8.53. The molecular weight excluding hydrogens is 383 g/mol.